The fourth-order valence-electron chi connectivity index (χ4n) is 2.44. The summed E-state index contributed by atoms with van der Waals surface area (Å²) >= 11 is 1.70. The molecule has 2 heterocycles. The fraction of sp³-hybridized carbons (Fsp3) is 0.562. The Morgan fingerprint density at radius 1 is 1.38 bits per heavy atom. The average molecular weight is 464 g/mol. The normalized spacial score (nSPS) is 16.6. The molecule has 0 radical (unpaired) electrons. The summed E-state index contributed by atoms with van der Waals surface area (Å²) in [7, 11) is 0. The number of piperidine rings is 1. The average Bonchev–Trinajstić information content (AvgIpc) is 3.04. The van der Waals surface area contributed by atoms with E-state index in [9.17, 15) is 9.59 Å². The third-order valence-corrected chi connectivity index (χ3v) is 4.70. The Morgan fingerprint density at radius 2 is 2.08 bits per heavy atom. The number of rotatable bonds is 6. The van der Waals surface area contributed by atoms with Crippen LogP contribution in [0.4, 0.5) is 0 Å². The van der Waals surface area contributed by atoms with Crippen molar-refractivity contribution in [1.29, 1.82) is 0 Å². The molecule has 1 atom stereocenters. The molecule has 1 aliphatic heterocycles. The molecule has 8 heteroatoms. The lowest BCUT2D eigenvalue weighted by Crippen LogP contribution is -2.42. The van der Waals surface area contributed by atoms with Gasteiger partial charge in [0.15, 0.2) is 5.96 Å². The second-order valence-corrected chi connectivity index (χ2v) is 6.41. The highest BCUT2D eigenvalue weighted by Gasteiger charge is 2.25. The summed E-state index contributed by atoms with van der Waals surface area (Å²) in [5, 5.41) is 8.58. The van der Waals surface area contributed by atoms with Gasteiger partial charge in [0.25, 0.3) is 0 Å². The van der Waals surface area contributed by atoms with Crippen molar-refractivity contribution in [2.24, 2.45) is 4.99 Å². The van der Waals surface area contributed by atoms with Gasteiger partial charge in [0.05, 0.1) is 12.6 Å². The van der Waals surface area contributed by atoms with Crippen LogP contribution >= 0.6 is 35.3 Å². The number of hydrogen-bond acceptors (Lipinski definition) is 4. The van der Waals surface area contributed by atoms with E-state index < -0.39 is 0 Å². The lowest BCUT2D eigenvalue weighted by Gasteiger charge is -2.24. The Kier molecular flexibility index (Phi) is 9.27. The second-order valence-electron chi connectivity index (χ2n) is 5.43. The molecule has 1 aromatic rings. The summed E-state index contributed by atoms with van der Waals surface area (Å²) in [6.45, 7) is 5.59. The molecule has 1 fully saturated rings. The summed E-state index contributed by atoms with van der Waals surface area (Å²) in [5.41, 5.74) is 0. The van der Waals surface area contributed by atoms with E-state index in [-0.39, 0.29) is 41.8 Å². The van der Waals surface area contributed by atoms with E-state index in [0.29, 0.717) is 38.3 Å². The number of carbonyl (C=O) groups excluding carboxylic acids is 2. The first-order chi connectivity index (χ1) is 11.1. The molecule has 1 unspecified atom stereocenters. The topological polar surface area (TPSA) is 73.8 Å². The smallest absolute Gasteiger partial charge is 0.229 e. The number of hydrogen-bond donors (Lipinski definition) is 2. The highest BCUT2D eigenvalue weighted by atomic mass is 127. The van der Waals surface area contributed by atoms with Crippen LogP contribution in [0.1, 0.15) is 44.0 Å². The standard InChI is InChI=1S/C16H24N4O2S.HI/c1-3-17-16(19-12(2)13-6-5-11-23-13)18-9-10-20-14(21)7-4-8-15(20)22;/h5-6,11-12H,3-4,7-10H2,1-2H3,(H2,17,18,19);1H. The highest BCUT2D eigenvalue weighted by molar-refractivity contribution is 14.0. The zero-order valence-corrected chi connectivity index (χ0v) is 17.2. The van der Waals surface area contributed by atoms with E-state index in [1.54, 1.807) is 11.3 Å². The summed E-state index contributed by atoms with van der Waals surface area (Å²) in [6.07, 6.45) is 1.59. The van der Waals surface area contributed by atoms with Crippen molar-refractivity contribution >= 4 is 53.1 Å². The van der Waals surface area contributed by atoms with Gasteiger partial charge in [-0.2, -0.15) is 0 Å². The van der Waals surface area contributed by atoms with Gasteiger partial charge in [-0.15, -0.1) is 35.3 Å². The van der Waals surface area contributed by atoms with Crippen molar-refractivity contribution in [1.82, 2.24) is 15.5 Å². The van der Waals surface area contributed by atoms with Crippen LogP contribution in [0.5, 0.6) is 0 Å². The van der Waals surface area contributed by atoms with Crippen LogP contribution in [-0.2, 0) is 9.59 Å². The van der Waals surface area contributed by atoms with Crippen molar-refractivity contribution in [3.63, 3.8) is 0 Å². The molecule has 0 aliphatic carbocycles. The van der Waals surface area contributed by atoms with Crippen LogP contribution in [0, 0.1) is 0 Å². The molecule has 0 bridgehead atoms. The molecule has 0 aromatic carbocycles. The molecule has 2 amide bonds. The predicted octanol–water partition coefficient (Wildman–Crippen LogP) is 2.52. The third kappa shape index (κ3) is 6.04. The largest absolute Gasteiger partial charge is 0.357 e. The molecule has 2 N–H and O–H groups in total. The van der Waals surface area contributed by atoms with Crippen molar-refractivity contribution < 1.29 is 9.59 Å². The minimum atomic E-state index is -0.0821. The number of aliphatic imine (C=N–C) groups is 1. The van der Waals surface area contributed by atoms with Gasteiger partial charge in [-0.3, -0.25) is 19.5 Å². The lowest BCUT2D eigenvalue weighted by atomic mass is 10.1. The van der Waals surface area contributed by atoms with Crippen LogP contribution in [0.3, 0.4) is 0 Å². The van der Waals surface area contributed by atoms with Crippen molar-refractivity contribution in [3.05, 3.63) is 22.4 Å². The summed E-state index contributed by atoms with van der Waals surface area (Å²) in [4.78, 5) is 30.6. The Hall–Kier alpha value is -1.16. The maximum absolute atomic E-state index is 11.8. The van der Waals surface area contributed by atoms with Crippen molar-refractivity contribution in [3.8, 4) is 0 Å². The first-order valence-electron chi connectivity index (χ1n) is 8.03. The highest BCUT2D eigenvalue weighted by Crippen LogP contribution is 2.17. The molecule has 2 rings (SSSR count). The minimum absolute atomic E-state index is 0. The van der Waals surface area contributed by atoms with Gasteiger partial charge >= 0.3 is 0 Å². The first kappa shape index (κ1) is 20.9. The predicted molar refractivity (Wildman–Crippen MR) is 108 cm³/mol. The first-order valence-corrected chi connectivity index (χ1v) is 8.91. The van der Waals surface area contributed by atoms with Crippen LogP contribution in [-0.4, -0.2) is 42.3 Å². The molecule has 24 heavy (non-hydrogen) atoms. The monoisotopic (exact) mass is 464 g/mol. The second kappa shape index (κ2) is 10.7. The maximum atomic E-state index is 11.8. The number of imide groups is 1. The summed E-state index contributed by atoms with van der Waals surface area (Å²) < 4.78 is 0. The number of guanidine groups is 1. The summed E-state index contributed by atoms with van der Waals surface area (Å²) in [5.74, 6) is 0.535. The van der Waals surface area contributed by atoms with E-state index in [0.717, 1.165) is 6.54 Å². The van der Waals surface area contributed by atoms with Gasteiger partial charge in [-0.05, 0) is 31.7 Å². The SMILES string of the molecule is CCNC(=NCCN1C(=O)CCCC1=O)NC(C)c1cccs1.I. The zero-order valence-electron chi connectivity index (χ0n) is 14.1. The zero-order chi connectivity index (χ0) is 16.7. The number of amides is 2. The van der Waals surface area contributed by atoms with Crippen molar-refractivity contribution in [2.45, 2.75) is 39.2 Å². The number of nitrogens with one attached hydrogen (secondary N) is 2. The van der Waals surface area contributed by atoms with E-state index in [1.807, 2.05) is 18.4 Å². The molecule has 134 valence electrons. The molecule has 1 aromatic heterocycles. The lowest BCUT2D eigenvalue weighted by molar-refractivity contribution is -0.147. The summed E-state index contributed by atoms with van der Waals surface area (Å²) in [6, 6.07) is 4.26. The van der Waals surface area contributed by atoms with Crippen LogP contribution < -0.4 is 10.6 Å². The number of halogens is 1. The van der Waals surface area contributed by atoms with Gasteiger partial charge in [0.2, 0.25) is 11.8 Å². The Labute approximate surface area is 164 Å². The number of nitrogens with zero attached hydrogens (tertiary/aromatic N) is 2. The van der Waals surface area contributed by atoms with Crippen LogP contribution in [0.25, 0.3) is 0 Å². The van der Waals surface area contributed by atoms with Crippen LogP contribution in [0.2, 0.25) is 0 Å². The van der Waals surface area contributed by atoms with Gasteiger partial charge in [-0.1, -0.05) is 6.07 Å². The van der Waals surface area contributed by atoms with Crippen molar-refractivity contribution in [2.75, 3.05) is 19.6 Å². The van der Waals surface area contributed by atoms with E-state index in [1.165, 1.54) is 9.78 Å². The molecule has 0 spiro atoms. The third-order valence-electron chi connectivity index (χ3n) is 3.64. The molecule has 1 saturated heterocycles. The van der Waals surface area contributed by atoms with E-state index in [2.05, 4.69) is 28.6 Å². The van der Waals surface area contributed by atoms with Gasteiger partial charge in [-0.25, -0.2) is 0 Å². The van der Waals surface area contributed by atoms with Gasteiger partial charge in [0, 0.05) is 30.8 Å². The number of likely N-dealkylation sites (tertiary alicyclic amines) is 1. The van der Waals surface area contributed by atoms with E-state index >= 15 is 0 Å². The Bertz CT molecular complexity index is 546. The fourth-order valence-corrected chi connectivity index (χ4v) is 3.18. The molecule has 0 saturated carbocycles. The number of thiophene rings is 1. The molecular weight excluding hydrogens is 439 g/mol. The molecule has 6 nitrogen and oxygen atoms in total. The molecule has 1 aliphatic rings. The Balaban J connectivity index is 0.00000288. The quantitative estimate of drug-likeness (QED) is 0.294. The van der Waals surface area contributed by atoms with Crippen LogP contribution in [0.15, 0.2) is 22.5 Å². The van der Waals surface area contributed by atoms with Gasteiger partial charge < -0.3 is 10.6 Å². The maximum Gasteiger partial charge on any atom is 0.229 e. The molecular formula is C16H25IN4O2S. The minimum Gasteiger partial charge on any atom is -0.357 e. The Morgan fingerprint density at radius 3 is 2.67 bits per heavy atom. The van der Waals surface area contributed by atoms with Gasteiger partial charge in [0.1, 0.15) is 0 Å². The number of carbonyl (C=O) groups is 2. The van der Waals surface area contributed by atoms with E-state index in [4.69, 9.17) is 0 Å².